The van der Waals surface area contributed by atoms with Gasteiger partial charge in [0.25, 0.3) is 5.91 Å². The number of carbonyl (C=O) groups excluding carboxylic acids is 1. The molecule has 0 saturated carbocycles. The summed E-state index contributed by atoms with van der Waals surface area (Å²) in [6.07, 6.45) is 1.38. The van der Waals surface area contributed by atoms with Crippen LogP contribution in [0.3, 0.4) is 0 Å². The molecule has 0 bridgehead atoms. The van der Waals surface area contributed by atoms with Gasteiger partial charge in [-0.15, -0.1) is 0 Å². The number of anilines is 1. The Balaban J connectivity index is 2.31. The van der Waals surface area contributed by atoms with Gasteiger partial charge < -0.3 is 19.9 Å². The van der Waals surface area contributed by atoms with Gasteiger partial charge in [0.2, 0.25) is 0 Å². The summed E-state index contributed by atoms with van der Waals surface area (Å²) in [5, 5.41) is 20.9. The van der Waals surface area contributed by atoms with Gasteiger partial charge >= 0.3 is 5.97 Å². The molecule has 2 aromatic carbocycles. The lowest BCUT2D eigenvalue weighted by molar-refractivity contribution is -0.112. The lowest BCUT2D eigenvalue weighted by Gasteiger charge is -2.09. The van der Waals surface area contributed by atoms with E-state index in [-0.39, 0.29) is 16.8 Å². The Kier molecular flexibility index (Phi) is 5.96. The van der Waals surface area contributed by atoms with Crippen molar-refractivity contribution in [1.29, 1.82) is 5.26 Å². The zero-order valence-corrected chi connectivity index (χ0v) is 14.1. The predicted molar refractivity (Wildman–Crippen MR) is 95.2 cm³/mol. The van der Waals surface area contributed by atoms with Crippen molar-refractivity contribution in [1.82, 2.24) is 0 Å². The fraction of sp³-hybridized carbons (Fsp3) is 0.105. The van der Waals surface area contributed by atoms with Gasteiger partial charge in [0.05, 0.1) is 25.5 Å². The average Bonchev–Trinajstić information content (AvgIpc) is 2.65. The second kappa shape index (κ2) is 8.35. The molecular formula is C19H16N2O5. The minimum Gasteiger partial charge on any atom is -0.493 e. The van der Waals surface area contributed by atoms with Crippen molar-refractivity contribution in [2.75, 3.05) is 19.5 Å². The first-order chi connectivity index (χ1) is 12.5. The summed E-state index contributed by atoms with van der Waals surface area (Å²) in [6, 6.07) is 12.7. The molecule has 0 saturated heterocycles. The highest BCUT2D eigenvalue weighted by atomic mass is 16.5. The number of para-hydroxylation sites is 1. The van der Waals surface area contributed by atoms with E-state index in [9.17, 15) is 14.9 Å². The van der Waals surface area contributed by atoms with Gasteiger partial charge in [-0.2, -0.15) is 5.26 Å². The number of ether oxygens (including phenoxy) is 2. The monoisotopic (exact) mass is 352 g/mol. The van der Waals surface area contributed by atoms with Gasteiger partial charge in [-0.3, -0.25) is 4.79 Å². The maximum Gasteiger partial charge on any atom is 0.337 e. The van der Waals surface area contributed by atoms with E-state index >= 15 is 0 Å². The molecule has 7 nitrogen and oxygen atoms in total. The molecule has 0 spiro atoms. The van der Waals surface area contributed by atoms with Crippen LogP contribution in [-0.4, -0.2) is 31.2 Å². The van der Waals surface area contributed by atoms with Gasteiger partial charge in [0, 0.05) is 0 Å². The van der Waals surface area contributed by atoms with Crippen LogP contribution in [0.15, 0.2) is 48.0 Å². The molecule has 1 amide bonds. The van der Waals surface area contributed by atoms with E-state index in [1.54, 1.807) is 30.3 Å². The third-order valence-corrected chi connectivity index (χ3v) is 3.49. The maximum atomic E-state index is 12.3. The summed E-state index contributed by atoms with van der Waals surface area (Å²) in [4.78, 5) is 23.6. The van der Waals surface area contributed by atoms with E-state index < -0.39 is 11.9 Å². The van der Waals surface area contributed by atoms with Crippen molar-refractivity contribution >= 4 is 23.6 Å². The van der Waals surface area contributed by atoms with Crippen LogP contribution < -0.4 is 14.8 Å². The molecule has 2 aromatic rings. The van der Waals surface area contributed by atoms with Crippen molar-refractivity contribution in [3.05, 3.63) is 59.2 Å². The third-order valence-electron chi connectivity index (χ3n) is 3.49. The summed E-state index contributed by atoms with van der Waals surface area (Å²) in [5.74, 6) is -0.919. The van der Waals surface area contributed by atoms with E-state index in [0.717, 1.165) is 0 Å². The number of rotatable bonds is 6. The standard InChI is InChI=1S/C19H16N2O5/c1-25-16-8-7-12(10-17(16)26-2)9-13(11-20)18(22)21-15-6-4-3-5-14(15)19(23)24/h3-10H,1-2H3,(H,21,22)(H,23,24)/b13-9-. The molecule has 0 heterocycles. The summed E-state index contributed by atoms with van der Waals surface area (Å²) < 4.78 is 10.3. The van der Waals surface area contributed by atoms with Crippen LogP contribution in [0, 0.1) is 11.3 Å². The number of carbonyl (C=O) groups is 2. The first-order valence-corrected chi connectivity index (χ1v) is 7.47. The first kappa shape index (κ1) is 18.5. The number of benzene rings is 2. The van der Waals surface area contributed by atoms with Crippen molar-refractivity contribution in [3.8, 4) is 17.6 Å². The van der Waals surface area contributed by atoms with E-state index in [4.69, 9.17) is 14.6 Å². The number of aromatic carboxylic acids is 1. The van der Waals surface area contributed by atoms with Crippen molar-refractivity contribution in [2.45, 2.75) is 0 Å². The van der Waals surface area contributed by atoms with Crippen LogP contribution in [0.1, 0.15) is 15.9 Å². The van der Waals surface area contributed by atoms with Gasteiger partial charge in [0.1, 0.15) is 11.6 Å². The maximum absolute atomic E-state index is 12.3. The van der Waals surface area contributed by atoms with Crippen molar-refractivity contribution in [3.63, 3.8) is 0 Å². The molecule has 0 aliphatic carbocycles. The number of carboxylic acids is 1. The van der Waals surface area contributed by atoms with Gasteiger partial charge in [-0.05, 0) is 35.9 Å². The lowest BCUT2D eigenvalue weighted by atomic mass is 10.1. The highest BCUT2D eigenvalue weighted by Crippen LogP contribution is 2.28. The Labute approximate surface area is 150 Å². The number of nitrogens with one attached hydrogen (secondary N) is 1. The molecule has 0 aliphatic rings. The molecule has 26 heavy (non-hydrogen) atoms. The molecule has 0 aromatic heterocycles. The highest BCUT2D eigenvalue weighted by molar-refractivity contribution is 6.11. The Morgan fingerprint density at radius 1 is 1.12 bits per heavy atom. The number of nitrogens with zero attached hydrogens (tertiary/aromatic N) is 1. The number of hydrogen-bond donors (Lipinski definition) is 2. The largest absolute Gasteiger partial charge is 0.493 e. The van der Waals surface area contributed by atoms with Crippen LogP contribution in [0.5, 0.6) is 11.5 Å². The molecule has 132 valence electrons. The van der Waals surface area contributed by atoms with Crippen LogP contribution >= 0.6 is 0 Å². The van der Waals surface area contributed by atoms with Gasteiger partial charge in [-0.1, -0.05) is 18.2 Å². The zero-order chi connectivity index (χ0) is 19.1. The molecule has 0 aliphatic heterocycles. The summed E-state index contributed by atoms with van der Waals surface area (Å²) >= 11 is 0. The molecule has 0 unspecified atom stereocenters. The van der Waals surface area contributed by atoms with Gasteiger partial charge in [-0.25, -0.2) is 4.79 Å². The minimum absolute atomic E-state index is 0.0655. The lowest BCUT2D eigenvalue weighted by Crippen LogP contribution is -2.16. The number of nitriles is 1. The van der Waals surface area contributed by atoms with Gasteiger partial charge in [0.15, 0.2) is 11.5 Å². The highest BCUT2D eigenvalue weighted by Gasteiger charge is 2.15. The Morgan fingerprint density at radius 2 is 1.81 bits per heavy atom. The molecular weight excluding hydrogens is 336 g/mol. The van der Waals surface area contributed by atoms with E-state index in [0.29, 0.717) is 17.1 Å². The normalized spacial score (nSPS) is 10.6. The number of methoxy groups -OCH3 is 2. The number of carboxylic acid groups (broad SMARTS) is 1. The molecule has 2 N–H and O–H groups in total. The Morgan fingerprint density at radius 3 is 2.42 bits per heavy atom. The third kappa shape index (κ3) is 4.19. The van der Waals surface area contributed by atoms with Crippen molar-refractivity contribution in [2.24, 2.45) is 0 Å². The molecule has 2 rings (SSSR count). The van der Waals surface area contributed by atoms with E-state index in [2.05, 4.69) is 5.32 Å². The number of hydrogen-bond acceptors (Lipinski definition) is 5. The SMILES string of the molecule is COc1ccc(/C=C(/C#N)C(=O)Nc2ccccc2C(=O)O)cc1OC. The average molecular weight is 352 g/mol. The van der Waals surface area contributed by atoms with Crippen LogP contribution in [0.4, 0.5) is 5.69 Å². The summed E-state index contributed by atoms with van der Waals surface area (Å²) in [6.45, 7) is 0. The molecule has 0 radical (unpaired) electrons. The minimum atomic E-state index is -1.18. The molecule has 0 fully saturated rings. The van der Waals surface area contributed by atoms with Crippen molar-refractivity contribution < 1.29 is 24.2 Å². The Bertz CT molecular complexity index is 912. The quantitative estimate of drug-likeness (QED) is 0.611. The van der Waals surface area contributed by atoms with Crippen LogP contribution in [0.25, 0.3) is 6.08 Å². The van der Waals surface area contributed by atoms with E-state index in [1.165, 1.54) is 32.4 Å². The van der Waals surface area contributed by atoms with Crippen LogP contribution in [0.2, 0.25) is 0 Å². The second-order valence-electron chi connectivity index (χ2n) is 5.09. The van der Waals surface area contributed by atoms with E-state index in [1.807, 2.05) is 6.07 Å². The Hall–Kier alpha value is -3.79. The fourth-order valence-corrected chi connectivity index (χ4v) is 2.23. The second-order valence-corrected chi connectivity index (χ2v) is 5.09. The van der Waals surface area contributed by atoms with Crippen LogP contribution in [-0.2, 0) is 4.79 Å². The number of amides is 1. The first-order valence-electron chi connectivity index (χ1n) is 7.47. The fourth-order valence-electron chi connectivity index (χ4n) is 2.23. The summed E-state index contributed by atoms with van der Waals surface area (Å²) in [7, 11) is 2.98. The predicted octanol–water partition coefficient (Wildman–Crippen LogP) is 2.95. The summed E-state index contributed by atoms with van der Waals surface area (Å²) in [5.41, 5.74) is 0.418. The smallest absolute Gasteiger partial charge is 0.337 e. The molecule has 7 heteroatoms. The molecule has 0 atom stereocenters. The zero-order valence-electron chi connectivity index (χ0n) is 14.1. The topological polar surface area (TPSA) is 109 Å².